The van der Waals surface area contributed by atoms with E-state index in [9.17, 15) is 29.3 Å². The molecule has 1 aliphatic rings. The standard InChI is InChI=1S/C23H26F5N3O2S/c1-23(2,33)19-13-20-16(14-31(30-20)17-8-4-3-5-9-17)12-21(19)29-22(32)15-7-6-10-18(11-15)34(24,25,26,27)28/h6-7,10-14,17,33H,3-5,8-9H2,1-2H3,(H,29,32). The van der Waals surface area contributed by atoms with E-state index in [2.05, 4.69) is 10.4 Å². The highest BCUT2D eigenvalue weighted by molar-refractivity contribution is 8.45. The Kier molecular flexibility index (Phi) is 5.34. The number of rotatable bonds is 5. The van der Waals surface area contributed by atoms with Gasteiger partial charge >= 0.3 is 10.2 Å². The van der Waals surface area contributed by atoms with Gasteiger partial charge in [0.2, 0.25) is 0 Å². The topological polar surface area (TPSA) is 67.2 Å². The third-order valence-electron chi connectivity index (χ3n) is 6.06. The number of nitrogens with zero attached hydrogens (tertiary/aromatic N) is 2. The van der Waals surface area contributed by atoms with E-state index >= 15 is 0 Å². The molecule has 1 saturated carbocycles. The normalized spacial score (nSPS) is 17.9. The van der Waals surface area contributed by atoms with Crippen molar-refractivity contribution in [3.63, 3.8) is 0 Å². The van der Waals surface area contributed by atoms with E-state index in [4.69, 9.17) is 0 Å². The average Bonchev–Trinajstić information content (AvgIpc) is 3.15. The molecule has 2 aromatic carbocycles. The number of nitrogens with one attached hydrogen (secondary N) is 1. The number of halogens is 5. The van der Waals surface area contributed by atoms with Crippen molar-refractivity contribution in [2.45, 2.75) is 62.5 Å². The molecule has 2 N–H and O–H groups in total. The van der Waals surface area contributed by atoms with E-state index in [-0.39, 0.29) is 23.9 Å². The molecule has 0 saturated heterocycles. The second kappa shape index (κ2) is 7.42. The summed E-state index contributed by atoms with van der Waals surface area (Å²) in [5, 5.41) is 18.4. The SMILES string of the molecule is CC(C)(O)c1cc2nn(C3CCCCC3)cc2cc1NC(=O)c1cccc(S(F)(F)(F)(F)F)c1. The first kappa shape index (κ1) is 24.5. The lowest BCUT2D eigenvalue weighted by molar-refractivity contribution is 0.0793. The molecule has 0 bridgehead atoms. The smallest absolute Gasteiger partial charge is 0.310 e. The van der Waals surface area contributed by atoms with Crippen molar-refractivity contribution in [3.8, 4) is 0 Å². The van der Waals surface area contributed by atoms with Gasteiger partial charge in [-0.3, -0.25) is 9.48 Å². The van der Waals surface area contributed by atoms with Crippen molar-refractivity contribution < 1.29 is 29.3 Å². The van der Waals surface area contributed by atoms with Crippen LogP contribution in [0.4, 0.5) is 25.1 Å². The summed E-state index contributed by atoms with van der Waals surface area (Å²) >= 11 is 0. The molecule has 0 atom stereocenters. The fourth-order valence-electron chi connectivity index (χ4n) is 4.30. The van der Waals surface area contributed by atoms with Gasteiger partial charge in [0.1, 0.15) is 4.90 Å². The van der Waals surface area contributed by atoms with E-state index in [0.29, 0.717) is 16.5 Å². The van der Waals surface area contributed by atoms with Gasteiger partial charge in [0, 0.05) is 28.4 Å². The third-order valence-corrected chi connectivity index (χ3v) is 7.20. The van der Waals surface area contributed by atoms with Crippen LogP contribution in [0.5, 0.6) is 0 Å². The maximum absolute atomic E-state index is 13.2. The lowest BCUT2D eigenvalue weighted by Gasteiger charge is -2.40. The summed E-state index contributed by atoms with van der Waals surface area (Å²) < 4.78 is 67.8. The predicted octanol–water partition coefficient (Wildman–Crippen LogP) is 7.68. The summed E-state index contributed by atoms with van der Waals surface area (Å²) in [7, 11) is -9.94. The molecular formula is C23H26F5N3O2S. The van der Waals surface area contributed by atoms with Gasteiger partial charge in [0.05, 0.1) is 17.2 Å². The Morgan fingerprint density at radius 1 is 1.09 bits per heavy atom. The first-order valence-electron chi connectivity index (χ1n) is 10.9. The molecule has 1 amide bonds. The van der Waals surface area contributed by atoms with Crippen LogP contribution in [0, 0.1) is 0 Å². The summed E-state index contributed by atoms with van der Waals surface area (Å²) in [6, 6.07) is 5.62. The average molecular weight is 504 g/mol. The zero-order valence-corrected chi connectivity index (χ0v) is 19.5. The molecule has 186 valence electrons. The van der Waals surface area contributed by atoms with Crippen molar-refractivity contribution in [3.05, 3.63) is 53.7 Å². The molecule has 11 heteroatoms. The Morgan fingerprint density at radius 3 is 2.38 bits per heavy atom. The monoisotopic (exact) mass is 503 g/mol. The largest absolute Gasteiger partial charge is 0.386 e. The number of anilines is 1. The van der Waals surface area contributed by atoms with Gasteiger partial charge in [-0.25, -0.2) is 0 Å². The third kappa shape index (κ3) is 5.20. The summed E-state index contributed by atoms with van der Waals surface area (Å²) in [6.07, 6.45) is 7.23. The summed E-state index contributed by atoms with van der Waals surface area (Å²) in [5.41, 5.74) is -0.942. The van der Waals surface area contributed by atoms with Crippen LogP contribution < -0.4 is 5.32 Å². The second-order valence-electron chi connectivity index (χ2n) is 9.37. The van der Waals surface area contributed by atoms with Gasteiger partial charge in [-0.2, -0.15) is 5.10 Å². The Hall–Kier alpha value is -2.66. The Labute approximate surface area is 193 Å². The van der Waals surface area contributed by atoms with E-state index < -0.39 is 32.2 Å². The summed E-state index contributed by atoms with van der Waals surface area (Å²) in [5.74, 6) is -1.01. The van der Waals surface area contributed by atoms with Gasteiger partial charge in [0.25, 0.3) is 5.91 Å². The number of aromatic nitrogens is 2. The van der Waals surface area contributed by atoms with Crippen LogP contribution >= 0.6 is 10.2 Å². The molecule has 0 aliphatic heterocycles. The van der Waals surface area contributed by atoms with E-state index in [1.54, 1.807) is 12.1 Å². The van der Waals surface area contributed by atoms with Crippen LogP contribution in [0.2, 0.25) is 0 Å². The van der Waals surface area contributed by atoms with Gasteiger partial charge in [0.15, 0.2) is 0 Å². The fourth-order valence-corrected chi connectivity index (χ4v) is 4.99. The molecule has 0 spiro atoms. The van der Waals surface area contributed by atoms with Gasteiger partial charge in [-0.15, -0.1) is 0 Å². The number of carbonyl (C=O) groups is 1. The van der Waals surface area contributed by atoms with Gasteiger partial charge in [-0.05, 0) is 57.0 Å². The maximum Gasteiger partial charge on any atom is 0.310 e. The van der Waals surface area contributed by atoms with Crippen LogP contribution in [0.15, 0.2) is 47.5 Å². The predicted molar refractivity (Wildman–Crippen MR) is 123 cm³/mol. The van der Waals surface area contributed by atoms with Crippen LogP contribution in [0.1, 0.15) is 67.9 Å². The highest BCUT2D eigenvalue weighted by Gasteiger charge is 2.65. The minimum Gasteiger partial charge on any atom is -0.386 e. The molecule has 1 heterocycles. The van der Waals surface area contributed by atoms with E-state index in [1.165, 1.54) is 20.3 Å². The van der Waals surface area contributed by atoms with Crippen molar-refractivity contribution in [2.24, 2.45) is 0 Å². The zero-order chi connectivity index (χ0) is 25.0. The van der Waals surface area contributed by atoms with E-state index in [1.807, 2.05) is 10.9 Å². The minimum absolute atomic E-state index is 0.139. The number of hydrogen-bond acceptors (Lipinski definition) is 3. The molecule has 34 heavy (non-hydrogen) atoms. The molecule has 1 aromatic heterocycles. The second-order valence-corrected chi connectivity index (χ2v) is 11.8. The minimum atomic E-state index is -9.94. The number of benzene rings is 2. The number of fused-ring (bicyclic) bond motifs is 1. The van der Waals surface area contributed by atoms with Crippen LogP contribution in [-0.2, 0) is 5.60 Å². The fraction of sp³-hybridized carbons (Fsp3) is 0.391. The Balaban J connectivity index is 1.71. The molecule has 0 radical (unpaired) electrons. The number of hydrogen-bond donors (Lipinski definition) is 2. The van der Waals surface area contributed by atoms with Crippen LogP contribution in [0.25, 0.3) is 10.9 Å². The molecule has 5 nitrogen and oxygen atoms in total. The number of amides is 1. The lowest BCUT2D eigenvalue weighted by Crippen LogP contribution is -2.21. The summed E-state index contributed by atoms with van der Waals surface area (Å²) in [4.78, 5) is 10.6. The molecular weight excluding hydrogens is 477 g/mol. The van der Waals surface area contributed by atoms with Crippen LogP contribution in [-0.4, -0.2) is 20.8 Å². The molecule has 3 aromatic rings. The molecule has 0 unspecified atom stereocenters. The number of carbonyl (C=O) groups excluding carboxylic acids is 1. The van der Waals surface area contributed by atoms with Crippen molar-refractivity contribution in [1.29, 1.82) is 0 Å². The highest BCUT2D eigenvalue weighted by atomic mass is 32.5. The maximum atomic E-state index is 13.2. The Bertz CT molecular complexity index is 1260. The first-order chi connectivity index (χ1) is 15.5. The zero-order valence-electron chi connectivity index (χ0n) is 18.7. The molecule has 1 aliphatic carbocycles. The number of aliphatic hydroxyl groups is 1. The van der Waals surface area contributed by atoms with Crippen molar-refractivity contribution >= 4 is 32.7 Å². The summed E-state index contributed by atoms with van der Waals surface area (Å²) in [6.45, 7) is 2.99. The Morgan fingerprint density at radius 2 is 1.76 bits per heavy atom. The van der Waals surface area contributed by atoms with Crippen LogP contribution in [0.3, 0.4) is 0 Å². The molecule has 1 fully saturated rings. The quantitative estimate of drug-likeness (QED) is 0.351. The first-order valence-corrected chi connectivity index (χ1v) is 12.9. The van der Waals surface area contributed by atoms with Crippen molar-refractivity contribution in [1.82, 2.24) is 9.78 Å². The van der Waals surface area contributed by atoms with Gasteiger partial charge in [-0.1, -0.05) is 44.8 Å². The van der Waals surface area contributed by atoms with Gasteiger partial charge < -0.3 is 10.4 Å². The molecule has 4 rings (SSSR count). The lowest BCUT2D eigenvalue weighted by atomic mass is 9.95. The van der Waals surface area contributed by atoms with Crippen molar-refractivity contribution in [2.75, 3.05) is 5.32 Å². The van der Waals surface area contributed by atoms with E-state index in [0.717, 1.165) is 37.8 Å². The highest BCUT2D eigenvalue weighted by Crippen LogP contribution is 3.02.